The van der Waals surface area contributed by atoms with Crippen LogP contribution in [0.15, 0.2) is 42.5 Å². The van der Waals surface area contributed by atoms with Crippen LogP contribution >= 0.6 is 0 Å². The molecule has 21 heavy (non-hydrogen) atoms. The molecule has 6 heteroatoms. The van der Waals surface area contributed by atoms with Crippen molar-refractivity contribution >= 4 is 11.4 Å². The number of halogens is 1. The Morgan fingerprint density at radius 3 is 2.62 bits per heavy atom. The Morgan fingerprint density at radius 1 is 1.24 bits per heavy atom. The number of nitro benzene ring substituents is 1. The Hall–Kier alpha value is -2.47. The predicted molar refractivity (Wildman–Crippen MR) is 77.5 cm³/mol. The summed E-state index contributed by atoms with van der Waals surface area (Å²) in [7, 11) is 1.70. The lowest BCUT2D eigenvalue weighted by Gasteiger charge is -2.19. The number of nitro groups is 1. The molecule has 0 saturated carbocycles. The van der Waals surface area contributed by atoms with Crippen molar-refractivity contribution in [2.24, 2.45) is 0 Å². The fourth-order valence-corrected chi connectivity index (χ4v) is 2.13. The molecular weight excluding hydrogens is 275 g/mol. The van der Waals surface area contributed by atoms with Crippen molar-refractivity contribution in [1.82, 2.24) is 0 Å². The van der Waals surface area contributed by atoms with Crippen molar-refractivity contribution in [3.05, 3.63) is 69.5 Å². The van der Waals surface area contributed by atoms with Crippen LogP contribution in [0, 0.1) is 15.9 Å². The van der Waals surface area contributed by atoms with Gasteiger partial charge < -0.3 is 10.0 Å². The first-order chi connectivity index (χ1) is 10.0. The van der Waals surface area contributed by atoms with Gasteiger partial charge in [0.2, 0.25) is 0 Å². The van der Waals surface area contributed by atoms with Gasteiger partial charge in [-0.15, -0.1) is 0 Å². The fourth-order valence-electron chi connectivity index (χ4n) is 2.13. The first kappa shape index (κ1) is 14.9. The van der Waals surface area contributed by atoms with E-state index in [1.54, 1.807) is 36.2 Å². The minimum atomic E-state index is -0.490. The van der Waals surface area contributed by atoms with Crippen LogP contribution < -0.4 is 4.90 Å². The summed E-state index contributed by atoms with van der Waals surface area (Å²) in [6.45, 7) is 0.0891. The van der Waals surface area contributed by atoms with Gasteiger partial charge >= 0.3 is 0 Å². The van der Waals surface area contributed by atoms with Gasteiger partial charge in [0, 0.05) is 19.7 Å². The van der Waals surface area contributed by atoms with E-state index in [0.717, 1.165) is 5.56 Å². The molecule has 0 aliphatic heterocycles. The summed E-state index contributed by atoms with van der Waals surface area (Å²) in [5.74, 6) is -0.342. The van der Waals surface area contributed by atoms with Crippen molar-refractivity contribution in [1.29, 1.82) is 0 Å². The van der Waals surface area contributed by atoms with Crippen LogP contribution in [0.4, 0.5) is 15.8 Å². The molecule has 0 radical (unpaired) electrons. The molecule has 0 unspecified atom stereocenters. The Morgan fingerprint density at radius 2 is 2.00 bits per heavy atom. The molecule has 0 amide bonds. The molecule has 0 fully saturated rings. The van der Waals surface area contributed by atoms with Gasteiger partial charge in [0.05, 0.1) is 11.5 Å². The second-order valence-corrected chi connectivity index (χ2v) is 4.72. The Labute approximate surface area is 121 Å². The molecule has 0 atom stereocenters. The first-order valence-electron chi connectivity index (χ1n) is 6.35. The van der Waals surface area contributed by atoms with Crippen LogP contribution in [0.2, 0.25) is 0 Å². The van der Waals surface area contributed by atoms with E-state index in [1.165, 1.54) is 18.2 Å². The molecule has 110 valence electrons. The maximum Gasteiger partial charge on any atom is 0.292 e. The highest BCUT2D eigenvalue weighted by Crippen LogP contribution is 2.29. The quantitative estimate of drug-likeness (QED) is 0.679. The van der Waals surface area contributed by atoms with E-state index in [-0.39, 0.29) is 18.1 Å². The highest BCUT2D eigenvalue weighted by molar-refractivity contribution is 5.64. The van der Waals surface area contributed by atoms with E-state index in [2.05, 4.69) is 0 Å². The van der Waals surface area contributed by atoms with Crippen LogP contribution in [0.1, 0.15) is 11.1 Å². The molecule has 5 nitrogen and oxygen atoms in total. The van der Waals surface area contributed by atoms with Crippen molar-refractivity contribution in [3.8, 4) is 0 Å². The highest BCUT2D eigenvalue weighted by atomic mass is 19.1. The predicted octanol–water partition coefficient (Wildman–Crippen LogP) is 2.86. The van der Waals surface area contributed by atoms with Gasteiger partial charge in [0.1, 0.15) is 11.5 Å². The highest BCUT2D eigenvalue weighted by Gasteiger charge is 2.18. The number of benzene rings is 2. The Balaban J connectivity index is 2.30. The zero-order valence-corrected chi connectivity index (χ0v) is 11.5. The van der Waals surface area contributed by atoms with Gasteiger partial charge in [0.15, 0.2) is 0 Å². The summed E-state index contributed by atoms with van der Waals surface area (Å²) in [5, 5.41) is 20.2. The zero-order valence-electron chi connectivity index (χ0n) is 11.5. The van der Waals surface area contributed by atoms with Gasteiger partial charge in [-0.25, -0.2) is 4.39 Å². The average molecular weight is 290 g/mol. The maximum absolute atomic E-state index is 13.2. The molecule has 2 rings (SSSR count). The standard InChI is InChI=1S/C15H15FN2O3/c1-17(9-11-3-2-4-13(16)7-11)14-6-5-12(10-19)8-15(14)18(20)21/h2-8,19H,9-10H2,1H3. The monoisotopic (exact) mass is 290 g/mol. The van der Waals surface area contributed by atoms with Gasteiger partial charge in [-0.2, -0.15) is 0 Å². The first-order valence-corrected chi connectivity index (χ1v) is 6.35. The lowest BCUT2D eigenvalue weighted by atomic mass is 10.1. The molecule has 0 heterocycles. The molecule has 0 aliphatic carbocycles. The van der Waals surface area contributed by atoms with Crippen LogP contribution in [-0.4, -0.2) is 17.1 Å². The SMILES string of the molecule is CN(Cc1cccc(F)c1)c1ccc(CO)cc1[N+](=O)[O-]. The normalized spacial score (nSPS) is 10.4. The van der Waals surface area contributed by atoms with Gasteiger partial charge in [0.25, 0.3) is 5.69 Å². The van der Waals surface area contributed by atoms with Crippen LogP contribution in [0.5, 0.6) is 0 Å². The van der Waals surface area contributed by atoms with E-state index in [4.69, 9.17) is 5.11 Å². The van der Waals surface area contributed by atoms with Gasteiger partial charge in [-0.05, 0) is 29.3 Å². The van der Waals surface area contributed by atoms with Crippen molar-refractivity contribution in [2.75, 3.05) is 11.9 Å². The fraction of sp³-hybridized carbons (Fsp3) is 0.200. The summed E-state index contributed by atoms with van der Waals surface area (Å²) >= 11 is 0. The molecule has 0 aromatic heterocycles. The zero-order chi connectivity index (χ0) is 15.4. The van der Waals surface area contributed by atoms with Crippen LogP contribution in [0.3, 0.4) is 0 Å². The minimum Gasteiger partial charge on any atom is -0.392 e. The van der Waals surface area contributed by atoms with Gasteiger partial charge in [-0.1, -0.05) is 18.2 Å². The van der Waals surface area contributed by atoms with E-state index in [1.807, 2.05) is 0 Å². The number of aliphatic hydroxyl groups is 1. The molecular formula is C15H15FN2O3. The largest absolute Gasteiger partial charge is 0.392 e. The lowest BCUT2D eigenvalue weighted by Crippen LogP contribution is -2.18. The summed E-state index contributed by atoms with van der Waals surface area (Å²) in [4.78, 5) is 12.3. The summed E-state index contributed by atoms with van der Waals surface area (Å²) in [5.41, 5.74) is 1.53. The van der Waals surface area contributed by atoms with E-state index in [0.29, 0.717) is 17.8 Å². The summed E-state index contributed by atoms with van der Waals surface area (Å²) < 4.78 is 13.2. The molecule has 2 aromatic rings. The lowest BCUT2D eigenvalue weighted by molar-refractivity contribution is -0.384. The number of rotatable bonds is 5. The number of aliphatic hydroxyl groups excluding tert-OH is 1. The molecule has 0 bridgehead atoms. The third-order valence-electron chi connectivity index (χ3n) is 3.14. The molecule has 0 saturated heterocycles. The topological polar surface area (TPSA) is 66.6 Å². The van der Waals surface area contributed by atoms with Crippen molar-refractivity contribution in [3.63, 3.8) is 0 Å². The molecule has 0 spiro atoms. The van der Waals surface area contributed by atoms with Crippen LogP contribution in [0.25, 0.3) is 0 Å². The second-order valence-electron chi connectivity index (χ2n) is 4.72. The number of hydrogen-bond donors (Lipinski definition) is 1. The van der Waals surface area contributed by atoms with Crippen LogP contribution in [-0.2, 0) is 13.2 Å². The Kier molecular flexibility index (Phi) is 4.49. The smallest absolute Gasteiger partial charge is 0.292 e. The van der Waals surface area contributed by atoms with E-state index < -0.39 is 4.92 Å². The van der Waals surface area contributed by atoms with E-state index in [9.17, 15) is 14.5 Å². The number of nitrogens with zero attached hydrogens (tertiary/aromatic N) is 2. The molecule has 1 N–H and O–H groups in total. The summed E-state index contributed by atoms with van der Waals surface area (Å²) in [6, 6.07) is 10.7. The minimum absolute atomic E-state index is 0.0829. The van der Waals surface area contributed by atoms with Gasteiger partial charge in [-0.3, -0.25) is 10.1 Å². The summed E-state index contributed by atoms with van der Waals surface area (Å²) in [6.07, 6.45) is 0. The Bertz CT molecular complexity index is 661. The number of hydrogen-bond acceptors (Lipinski definition) is 4. The van der Waals surface area contributed by atoms with Crippen molar-refractivity contribution < 1.29 is 14.4 Å². The third kappa shape index (κ3) is 3.55. The number of anilines is 1. The average Bonchev–Trinajstić information content (AvgIpc) is 2.46. The second kappa shape index (κ2) is 6.32. The maximum atomic E-state index is 13.2. The van der Waals surface area contributed by atoms with E-state index >= 15 is 0 Å². The third-order valence-corrected chi connectivity index (χ3v) is 3.14. The van der Waals surface area contributed by atoms with Crippen molar-refractivity contribution in [2.45, 2.75) is 13.2 Å². The molecule has 2 aromatic carbocycles. The molecule has 0 aliphatic rings.